The number of benzene rings is 2. The molecule has 0 radical (unpaired) electrons. The minimum atomic E-state index is -0.304. The zero-order valence-electron chi connectivity index (χ0n) is 12.4. The third kappa shape index (κ3) is 6.42. The van der Waals surface area contributed by atoms with Gasteiger partial charge in [-0.1, -0.05) is 18.2 Å². The largest absolute Gasteiger partial charge is 0.352 e. The van der Waals surface area contributed by atoms with Gasteiger partial charge in [0.1, 0.15) is 11.6 Å². The molecular formula is C16H17BrF2IN3. The summed E-state index contributed by atoms with van der Waals surface area (Å²) in [6, 6.07) is 11.3. The molecule has 2 aromatic carbocycles. The predicted octanol–water partition coefficient (Wildman–Crippen LogP) is 4.21. The van der Waals surface area contributed by atoms with Gasteiger partial charge in [0.25, 0.3) is 0 Å². The molecule has 0 aliphatic rings. The van der Waals surface area contributed by atoms with Gasteiger partial charge in [-0.3, -0.25) is 4.99 Å². The zero-order chi connectivity index (χ0) is 15.9. The molecule has 2 N–H and O–H groups in total. The summed E-state index contributed by atoms with van der Waals surface area (Å²) in [6.07, 6.45) is 0. The summed E-state index contributed by atoms with van der Waals surface area (Å²) in [5.41, 5.74) is 1.62. The van der Waals surface area contributed by atoms with E-state index in [1.54, 1.807) is 19.2 Å². The Morgan fingerprint density at radius 2 is 1.70 bits per heavy atom. The Labute approximate surface area is 159 Å². The van der Waals surface area contributed by atoms with Crippen molar-refractivity contribution in [1.82, 2.24) is 10.6 Å². The number of guanidine groups is 1. The summed E-state index contributed by atoms with van der Waals surface area (Å²) in [7, 11) is 1.64. The fourth-order valence-corrected chi connectivity index (χ4v) is 2.14. The van der Waals surface area contributed by atoms with Crippen molar-refractivity contribution in [3.8, 4) is 0 Å². The van der Waals surface area contributed by atoms with E-state index in [2.05, 4.69) is 31.6 Å². The van der Waals surface area contributed by atoms with Crippen molar-refractivity contribution in [1.29, 1.82) is 0 Å². The van der Waals surface area contributed by atoms with Gasteiger partial charge >= 0.3 is 0 Å². The van der Waals surface area contributed by atoms with E-state index in [0.717, 1.165) is 11.1 Å². The third-order valence-electron chi connectivity index (χ3n) is 3.02. The van der Waals surface area contributed by atoms with Crippen LogP contribution >= 0.6 is 39.9 Å². The number of aliphatic imine (C=N–C) groups is 1. The highest BCUT2D eigenvalue weighted by Gasteiger charge is 2.03. The lowest BCUT2D eigenvalue weighted by Crippen LogP contribution is -2.36. The van der Waals surface area contributed by atoms with Crippen LogP contribution in [0.15, 0.2) is 51.9 Å². The van der Waals surface area contributed by atoms with E-state index in [4.69, 9.17) is 0 Å². The molecule has 0 atom stereocenters. The maximum absolute atomic E-state index is 13.4. The van der Waals surface area contributed by atoms with Crippen LogP contribution in [0.5, 0.6) is 0 Å². The van der Waals surface area contributed by atoms with Crippen molar-refractivity contribution in [2.75, 3.05) is 7.05 Å². The Hall–Kier alpha value is -1.22. The average Bonchev–Trinajstić information content (AvgIpc) is 2.51. The van der Waals surface area contributed by atoms with Gasteiger partial charge in [-0.05, 0) is 51.3 Å². The topological polar surface area (TPSA) is 36.4 Å². The average molecular weight is 496 g/mol. The molecule has 0 heterocycles. The summed E-state index contributed by atoms with van der Waals surface area (Å²) >= 11 is 3.12. The molecule has 0 amide bonds. The molecule has 2 aromatic rings. The van der Waals surface area contributed by atoms with E-state index >= 15 is 0 Å². The van der Waals surface area contributed by atoms with Crippen molar-refractivity contribution in [2.24, 2.45) is 4.99 Å². The van der Waals surface area contributed by atoms with Gasteiger partial charge in [0.2, 0.25) is 0 Å². The Bertz CT molecular complexity index is 680. The van der Waals surface area contributed by atoms with Gasteiger partial charge < -0.3 is 10.6 Å². The highest BCUT2D eigenvalue weighted by atomic mass is 127. The second kappa shape index (κ2) is 9.82. The lowest BCUT2D eigenvalue weighted by Gasteiger charge is -2.12. The van der Waals surface area contributed by atoms with Gasteiger partial charge in [0.15, 0.2) is 5.96 Å². The lowest BCUT2D eigenvalue weighted by molar-refractivity contribution is 0.617. The second-order valence-electron chi connectivity index (χ2n) is 4.66. The van der Waals surface area contributed by atoms with E-state index in [1.165, 1.54) is 18.2 Å². The summed E-state index contributed by atoms with van der Waals surface area (Å²) in [5.74, 6) is -0.0119. The standard InChI is InChI=1S/C16H16BrF2N3.HI/c1-20-16(21-9-11-3-2-4-13(18)7-11)22-10-12-5-6-14(17)15(19)8-12;/h2-8H,9-10H2,1H3,(H2,20,21,22);1H. The van der Waals surface area contributed by atoms with Crippen LogP contribution in [0.1, 0.15) is 11.1 Å². The van der Waals surface area contributed by atoms with Gasteiger partial charge in [0.05, 0.1) is 4.47 Å². The SMILES string of the molecule is CN=C(NCc1cccc(F)c1)NCc1ccc(Br)c(F)c1.I. The highest BCUT2D eigenvalue weighted by Crippen LogP contribution is 2.16. The number of hydrogen-bond acceptors (Lipinski definition) is 1. The van der Waals surface area contributed by atoms with E-state index in [-0.39, 0.29) is 35.6 Å². The molecule has 0 aliphatic heterocycles. The zero-order valence-corrected chi connectivity index (χ0v) is 16.4. The Kier molecular flexibility index (Phi) is 8.46. The maximum atomic E-state index is 13.4. The van der Waals surface area contributed by atoms with E-state index in [0.29, 0.717) is 23.5 Å². The molecule has 0 fully saturated rings. The van der Waals surface area contributed by atoms with Crippen LogP contribution in [0.3, 0.4) is 0 Å². The number of rotatable bonds is 4. The van der Waals surface area contributed by atoms with Crippen molar-refractivity contribution in [3.63, 3.8) is 0 Å². The van der Waals surface area contributed by atoms with E-state index in [1.807, 2.05) is 12.1 Å². The molecule has 3 nitrogen and oxygen atoms in total. The minimum absolute atomic E-state index is 0. The quantitative estimate of drug-likeness (QED) is 0.378. The van der Waals surface area contributed by atoms with Crippen LogP contribution < -0.4 is 10.6 Å². The van der Waals surface area contributed by atoms with Crippen LogP contribution in [0, 0.1) is 11.6 Å². The maximum Gasteiger partial charge on any atom is 0.191 e. The van der Waals surface area contributed by atoms with E-state index < -0.39 is 0 Å². The summed E-state index contributed by atoms with van der Waals surface area (Å²) in [4.78, 5) is 4.08. The number of nitrogens with zero attached hydrogens (tertiary/aromatic N) is 1. The van der Waals surface area contributed by atoms with Gasteiger partial charge in [0, 0.05) is 20.1 Å². The third-order valence-corrected chi connectivity index (χ3v) is 3.66. The summed E-state index contributed by atoms with van der Waals surface area (Å²) < 4.78 is 27.0. The molecule has 0 saturated heterocycles. The van der Waals surface area contributed by atoms with Crippen LogP contribution in [-0.4, -0.2) is 13.0 Å². The van der Waals surface area contributed by atoms with Crippen LogP contribution in [0.25, 0.3) is 0 Å². The fraction of sp³-hybridized carbons (Fsp3) is 0.188. The Morgan fingerprint density at radius 3 is 2.26 bits per heavy atom. The summed E-state index contributed by atoms with van der Waals surface area (Å²) in [5, 5.41) is 6.16. The Balaban J connectivity index is 0.00000264. The normalized spacial score (nSPS) is 10.9. The van der Waals surface area contributed by atoms with Crippen LogP contribution in [0.2, 0.25) is 0 Å². The fourth-order valence-electron chi connectivity index (χ4n) is 1.89. The van der Waals surface area contributed by atoms with Crippen molar-refractivity contribution >= 4 is 45.9 Å². The van der Waals surface area contributed by atoms with Gasteiger partial charge in [-0.2, -0.15) is 0 Å². The van der Waals surface area contributed by atoms with Crippen molar-refractivity contribution in [2.45, 2.75) is 13.1 Å². The first-order valence-electron chi connectivity index (χ1n) is 6.71. The molecule has 0 saturated carbocycles. The molecule has 0 aromatic heterocycles. The molecule has 124 valence electrons. The first kappa shape index (κ1) is 19.8. The number of hydrogen-bond donors (Lipinski definition) is 2. The molecule has 0 spiro atoms. The minimum Gasteiger partial charge on any atom is -0.352 e. The van der Waals surface area contributed by atoms with Crippen LogP contribution in [-0.2, 0) is 13.1 Å². The van der Waals surface area contributed by atoms with Gasteiger partial charge in [-0.25, -0.2) is 8.78 Å². The first-order chi connectivity index (χ1) is 10.6. The highest BCUT2D eigenvalue weighted by molar-refractivity contribution is 14.0. The molecule has 0 unspecified atom stereocenters. The summed E-state index contributed by atoms with van der Waals surface area (Å²) in [6.45, 7) is 0.888. The molecular weight excluding hydrogens is 479 g/mol. The molecule has 23 heavy (non-hydrogen) atoms. The van der Waals surface area contributed by atoms with Gasteiger partial charge in [-0.15, -0.1) is 24.0 Å². The number of nitrogens with one attached hydrogen (secondary N) is 2. The monoisotopic (exact) mass is 495 g/mol. The van der Waals surface area contributed by atoms with Crippen LogP contribution in [0.4, 0.5) is 8.78 Å². The predicted molar refractivity (Wildman–Crippen MR) is 103 cm³/mol. The van der Waals surface area contributed by atoms with Crippen molar-refractivity contribution < 1.29 is 8.78 Å². The first-order valence-corrected chi connectivity index (χ1v) is 7.50. The van der Waals surface area contributed by atoms with E-state index in [9.17, 15) is 8.78 Å². The Morgan fingerprint density at radius 1 is 1.04 bits per heavy atom. The second-order valence-corrected chi connectivity index (χ2v) is 5.51. The lowest BCUT2D eigenvalue weighted by atomic mass is 10.2. The molecule has 7 heteroatoms. The smallest absolute Gasteiger partial charge is 0.191 e. The molecule has 2 rings (SSSR count). The number of halogens is 4. The molecule has 0 bridgehead atoms. The van der Waals surface area contributed by atoms with Crippen molar-refractivity contribution in [3.05, 3.63) is 69.7 Å². The molecule has 0 aliphatic carbocycles.